The van der Waals surface area contributed by atoms with E-state index in [1.165, 1.54) is 5.56 Å². The molecule has 1 amide bonds. The summed E-state index contributed by atoms with van der Waals surface area (Å²) in [5.41, 5.74) is 5.02. The summed E-state index contributed by atoms with van der Waals surface area (Å²) in [6.07, 6.45) is 1.93. The maximum atomic E-state index is 12.0. The molecule has 0 aliphatic heterocycles. The van der Waals surface area contributed by atoms with E-state index in [2.05, 4.69) is 34.8 Å². The molecule has 30 heavy (non-hydrogen) atoms. The van der Waals surface area contributed by atoms with Gasteiger partial charge in [-0.2, -0.15) is 5.10 Å². The zero-order valence-electron chi connectivity index (χ0n) is 16.6. The van der Waals surface area contributed by atoms with E-state index in [1.807, 2.05) is 13.0 Å². The maximum absolute atomic E-state index is 12.0. The van der Waals surface area contributed by atoms with Crippen molar-refractivity contribution in [2.45, 2.75) is 18.2 Å². The number of hydrazone groups is 1. The maximum Gasteiger partial charge on any atom is 0.343 e. The van der Waals surface area contributed by atoms with Crippen molar-refractivity contribution in [1.82, 2.24) is 5.43 Å². The number of esters is 1. The first-order valence-corrected chi connectivity index (χ1v) is 10.5. The van der Waals surface area contributed by atoms with Crippen LogP contribution < -0.4 is 10.2 Å². The van der Waals surface area contributed by atoms with Gasteiger partial charge in [0.15, 0.2) is 0 Å². The van der Waals surface area contributed by atoms with Gasteiger partial charge in [-0.25, -0.2) is 10.2 Å². The van der Waals surface area contributed by atoms with Crippen LogP contribution in [0.3, 0.4) is 0 Å². The first kappa shape index (κ1) is 21.3. The van der Waals surface area contributed by atoms with Crippen LogP contribution in [-0.2, 0) is 4.79 Å². The standard InChI is InChI=1S/C24H22N2O3S/c1-18-7-13-22(14-8-18)30-16-15-23(27)26-25-17-19-9-11-21(12-10-19)29-24(28)20-5-3-2-4-6-20/h2-14,17H,15-16H2,1H3,(H,26,27)/b25-17-. The van der Waals surface area contributed by atoms with Crippen LogP contribution in [-0.4, -0.2) is 23.8 Å². The van der Waals surface area contributed by atoms with E-state index in [4.69, 9.17) is 4.74 Å². The molecule has 0 aliphatic carbocycles. The summed E-state index contributed by atoms with van der Waals surface area (Å²) in [6, 6.07) is 23.9. The Bertz CT molecular complexity index is 1000. The molecule has 0 fully saturated rings. The monoisotopic (exact) mass is 418 g/mol. The second-order valence-corrected chi connectivity index (χ2v) is 7.70. The third-order valence-corrected chi connectivity index (χ3v) is 5.14. The Morgan fingerprint density at radius 1 is 0.967 bits per heavy atom. The van der Waals surface area contributed by atoms with Gasteiger partial charge in [0.25, 0.3) is 0 Å². The molecule has 3 aromatic carbocycles. The SMILES string of the molecule is Cc1ccc(SCCC(=O)N/N=C\c2ccc(OC(=O)c3ccccc3)cc2)cc1. The van der Waals surface area contributed by atoms with Crippen molar-refractivity contribution in [3.05, 3.63) is 95.6 Å². The van der Waals surface area contributed by atoms with Gasteiger partial charge in [0.2, 0.25) is 5.91 Å². The minimum Gasteiger partial charge on any atom is -0.423 e. The number of thioether (sulfide) groups is 1. The van der Waals surface area contributed by atoms with Crippen LogP contribution in [0.25, 0.3) is 0 Å². The van der Waals surface area contributed by atoms with Gasteiger partial charge in [0.05, 0.1) is 11.8 Å². The first-order chi connectivity index (χ1) is 14.6. The summed E-state index contributed by atoms with van der Waals surface area (Å²) >= 11 is 1.64. The molecular weight excluding hydrogens is 396 g/mol. The zero-order chi connectivity index (χ0) is 21.2. The predicted molar refractivity (Wildman–Crippen MR) is 120 cm³/mol. The number of nitrogens with zero attached hydrogens (tertiary/aromatic N) is 1. The Morgan fingerprint density at radius 2 is 1.67 bits per heavy atom. The normalized spacial score (nSPS) is 10.7. The molecular formula is C24H22N2O3S. The molecule has 0 unspecified atom stereocenters. The van der Waals surface area contributed by atoms with Gasteiger partial charge in [0.1, 0.15) is 5.75 Å². The number of hydrogen-bond acceptors (Lipinski definition) is 5. The van der Waals surface area contributed by atoms with Crippen molar-refractivity contribution < 1.29 is 14.3 Å². The number of nitrogens with one attached hydrogen (secondary N) is 1. The van der Waals surface area contributed by atoms with E-state index >= 15 is 0 Å². The molecule has 6 heteroatoms. The molecule has 0 saturated heterocycles. The lowest BCUT2D eigenvalue weighted by molar-refractivity contribution is -0.120. The van der Waals surface area contributed by atoms with Gasteiger partial charge in [-0.15, -0.1) is 11.8 Å². The second kappa shape index (κ2) is 11.0. The molecule has 3 rings (SSSR count). The summed E-state index contributed by atoms with van der Waals surface area (Å²) in [6.45, 7) is 2.05. The molecule has 1 N–H and O–H groups in total. The average Bonchev–Trinajstić information content (AvgIpc) is 2.77. The van der Waals surface area contributed by atoms with Crippen molar-refractivity contribution in [2.75, 3.05) is 5.75 Å². The summed E-state index contributed by atoms with van der Waals surface area (Å²) in [4.78, 5) is 25.1. The number of rotatable bonds is 8. The number of amides is 1. The van der Waals surface area contributed by atoms with Gasteiger partial charge in [-0.1, -0.05) is 35.9 Å². The zero-order valence-corrected chi connectivity index (χ0v) is 17.4. The molecule has 0 spiro atoms. The van der Waals surface area contributed by atoms with E-state index in [-0.39, 0.29) is 5.91 Å². The second-order valence-electron chi connectivity index (χ2n) is 6.53. The number of carbonyl (C=O) groups excluding carboxylic acids is 2. The Balaban J connectivity index is 1.40. The van der Waals surface area contributed by atoms with Crippen LogP contribution in [0.1, 0.15) is 27.9 Å². The lowest BCUT2D eigenvalue weighted by Crippen LogP contribution is -2.17. The highest BCUT2D eigenvalue weighted by Crippen LogP contribution is 2.19. The summed E-state index contributed by atoms with van der Waals surface area (Å²) in [5, 5.41) is 3.98. The number of hydrogen-bond donors (Lipinski definition) is 1. The van der Waals surface area contributed by atoms with E-state index in [9.17, 15) is 9.59 Å². The molecule has 0 heterocycles. The third kappa shape index (κ3) is 6.90. The van der Waals surface area contributed by atoms with Gasteiger partial charge in [-0.3, -0.25) is 4.79 Å². The molecule has 0 aromatic heterocycles. The van der Waals surface area contributed by atoms with Crippen LogP contribution in [0.5, 0.6) is 5.75 Å². The Kier molecular flexibility index (Phi) is 7.80. The minimum atomic E-state index is -0.409. The molecule has 3 aromatic rings. The van der Waals surface area contributed by atoms with Crippen LogP contribution in [0.2, 0.25) is 0 Å². The van der Waals surface area contributed by atoms with Crippen molar-refractivity contribution in [2.24, 2.45) is 5.10 Å². The van der Waals surface area contributed by atoms with Crippen molar-refractivity contribution >= 4 is 29.9 Å². The van der Waals surface area contributed by atoms with E-state index in [0.29, 0.717) is 23.5 Å². The largest absolute Gasteiger partial charge is 0.423 e. The summed E-state index contributed by atoms with van der Waals surface area (Å²) in [7, 11) is 0. The Hall–Kier alpha value is -3.38. The van der Waals surface area contributed by atoms with Gasteiger partial charge < -0.3 is 4.74 Å². The summed E-state index contributed by atoms with van der Waals surface area (Å²) < 4.78 is 5.33. The van der Waals surface area contributed by atoms with Gasteiger partial charge >= 0.3 is 5.97 Å². The van der Waals surface area contributed by atoms with Crippen LogP contribution >= 0.6 is 11.8 Å². The fourth-order valence-corrected chi connectivity index (χ4v) is 3.34. The van der Waals surface area contributed by atoms with Gasteiger partial charge in [0, 0.05) is 17.1 Å². The highest BCUT2D eigenvalue weighted by molar-refractivity contribution is 7.99. The number of carbonyl (C=O) groups is 2. The third-order valence-electron chi connectivity index (χ3n) is 4.12. The van der Waals surface area contributed by atoms with E-state index in [0.717, 1.165) is 10.5 Å². The fourth-order valence-electron chi connectivity index (χ4n) is 2.49. The lowest BCUT2D eigenvalue weighted by Gasteiger charge is -2.04. The first-order valence-electron chi connectivity index (χ1n) is 9.49. The molecule has 0 aliphatic rings. The molecule has 0 saturated carbocycles. The molecule has 5 nitrogen and oxygen atoms in total. The van der Waals surface area contributed by atoms with Crippen LogP contribution in [0.15, 0.2) is 88.9 Å². The van der Waals surface area contributed by atoms with Gasteiger partial charge in [-0.05, 0) is 61.0 Å². The number of ether oxygens (including phenoxy) is 1. The fraction of sp³-hybridized carbons (Fsp3) is 0.125. The van der Waals surface area contributed by atoms with Crippen molar-refractivity contribution in [1.29, 1.82) is 0 Å². The van der Waals surface area contributed by atoms with Crippen molar-refractivity contribution in [3.63, 3.8) is 0 Å². The van der Waals surface area contributed by atoms with E-state index < -0.39 is 5.97 Å². The molecule has 0 radical (unpaired) electrons. The number of aryl methyl sites for hydroxylation is 1. The quantitative estimate of drug-likeness (QED) is 0.187. The smallest absolute Gasteiger partial charge is 0.343 e. The molecule has 152 valence electrons. The Labute approximate surface area is 180 Å². The topological polar surface area (TPSA) is 67.8 Å². The van der Waals surface area contributed by atoms with Crippen LogP contribution in [0.4, 0.5) is 0 Å². The lowest BCUT2D eigenvalue weighted by atomic mass is 10.2. The number of benzene rings is 3. The Morgan fingerprint density at radius 3 is 2.37 bits per heavy atom. The van der Waals surface area contributed by atoms with E-state index in [1.54, 1.807) is 66.5 Å². The average molecular weight is 419 g/mol. The highest BCUT2D eigenvalue weighted by Gasteiger charge is 2.07. The molecule has 0 atom stereocenters. The van der Waals surface area contributed by atoms with Crippen molar-refractivity contribution in [3.8, 4) is 5.75 Å². The predicted octanol–water partition coefficient (Wildman–Crippen LogP) is 4.85. The summed E-state index contributed by atoms with van der Waals surface area (Å²) in [5.74, 6) is 0.580. The minimum absolute atomic E-state index is 0.140. The molecule has 0 bridgehead atoms. The highest BCUT2D eigenvalue weighted by atomic mass is 32.2. The van der Waals surface area contributed by atoms with Crippen LogP contribution in [0, 0.1) is 6.92 Å².